The summed E-state index contributed by atoms with van der Waals surface area (Å²) in [5.74, 6) is 0.767. The van der Waals surface area contributed by atoms with Crippen LogP contribution >= 0.6 is 0 Å². The molecule has 1 atom stereocenters. The molecule has 1 aliphatic rings. The van der Waals surface area contributed by atoms with Crippen molar-refractivity contribution in [1.29, 1.82) is 0 Å². The predicted molar refractivity (Wildman–Crippen MR) is 63.3 cm³/mol. The molecule has 0 amide bonds. The average molecular weight is 237 g/mol. The van der Waals surface area contributed by atoms with Crippen molar-refractivity contribution in [2.45, 2.75) is 32.4 Å². The number of nitrogens with zero attached hydrogens (tertiary/aromatic N) is 1. The number of rotatable bonds is 3. The molecule has 1 saturated heterocycles. The molecule has 0 saturated carbocycles. The summed E-state index contributed by atoms with van der Waals surface area (Å²) in [5.41, 5.74) is -0.181. The second kappa shape index (κ2) is 4.53. The van der Waals surface area contributed by atoms with Crippen LogP contribution in [0.2, 0.25) is 0 Å². The van der Waals surface area contributed by atoms with Crippen molar-refractivity contribution in [2.24, 2.45) is 5.92 Å². The van der Waals surface area contributed by atoms with E-state index in [0.29, 0.717) is 0 Å². The lowest BCUT2D eigenvalue weighted by molar-refractivity contribution is -0.148. The summed E-state index contributed by atoms with van der Waals surface area (Å²) in [6.45, 7) is 5.82. The lowest BCUT2D eigenvalue weighted by Crippen LogP contribution is -2.44. The van der Waals surface area contributed by atoms with Gasteiger partial charge in [-0.2, -0.15) is 0 Å². The zero-order valence-corrected chi connectivity index (χ0v) is 10.6. The third-order valence-electron chi connectivity index (χ3n) is 3.77. The highest BCUT2D eigenvalue weighted by molar-refractivity contribution is 5.74. The fourth-order valence-electron chi connectivity index (χ4n) is 2.57. The average Bonchev–Trinajstić information content (AvgIpc) is 2.88. The topological polar surface area (TPSA) is 42.7 Å². The Morgan fingerprint density at radius 1 is 1.65 bits per heavy atom. The Kier molecular flexibility index (Phi) is 3.24. The van der Waals surface area contributed by atoms with Gasteiger partial charge in [-0.1, -0.05) is 0 Å². The minimum atomic E-state index is -0.181. The molecule has 1 aromatic rings. The van der Waals surface area contributed by atoms with Crippen molar-refractivity contribution < 1.29 is 13.9 Å². The molecule has 4 nitrogen and oxygen atoms in total. The van der Waals surface area contributed by atoms with Crippen LogP contribution in [0.1, 0.15) is 26.0 Å². The molecule has 4 heteroatoms. The van der Waals surface area contributed by atoms with E-state index in [-0.39, 0.29) is 17.4 Å². The first-order chi connectivity index (χ1) is 8.05. The Morgan fingerprint density at radius 3 is 3.00 bits per heavy atom. The van der Waals surface area contributed by atoms with Gasteiger partial charge in [0, 0.05) is 12.1 Å². The number of carbonyl (C=O) groups is 1. The van der Waals surface area contributed by atoms with E-state index in [2.05, 4.69) is 18.7 Å². The van der Waals surface area contributed by atoms with Gasteiger partial charge in [0.25, 0.3) is 0 Å². The Morgan fingerprint density at radius 2 is 2.41 bits per heavy atom. The Bertz CT molecular complexity index is 383. The van der Waals surface area contributed by atoms with Gasteiger partial charge in [-0.15, -0.1) is 0 Å². The van der Waals surface area contributed by atoms with E-state index >= 15 is 0 Å². The molecule has 2 rings (SSSR count). The number of furan rings is 1. The summed E-state index contributed by atoms with van der Waals surface area (Å²) in [5, 5.41) is 0. The number of likely N-dealkylation sites (tertiary alicyclic amines) is 1. The molecular formula is C13H19NO3. The highest BCUT2D eigenvalue weighted by Gasteiger charge is 2.45. The maximum atomic E-state index is 11.7. The summed E-state index contributed by atoms with van der Waals surface area (Å²) >= 11 is 0. The highest BCUT2D eigenvalue weighted by atomic mass is 16.5. The number of hydrogen-bond acceptors (Lipinski definition) is 4. The molecular weight excluding hydrogens is 218 g/mol. The van der Waals surface area contributed by atoms with E-state index in [1.165, 1.54) is 7.11 Å². The van der Waals surface area contributed by atoms with Crippen LogP contribution in [0.25, 0.3) is 0 Å². The molecule has 2 heterocycles. The van der Waals surface area contributed by atoms with Crippen molar-refractivity contribution in [3.63, 3.8) is 0 Å². The summed E-state index contributed by atoms with van der Waals surface area (Å²) < 4.78 is 10.2. The van der Waals surface area contributed by atoms with E-state index in [1.807, 2.05) is 12.1 Å². The fraction of sp³-hybridized carbons (Fsp3) is 0.615. The largest absolute Gasteiger partial charge is 0.469 e. The normalized spacial score (nSPS) is 23.8. The van der Waals surface area contributed by atoms with Crippen LogP contribution in [0, 0.1) is 5.92 Å². The standard InChI is InChI=1S/C13H19NO3/c1-13(2)11(12(15)16-3)6-7-14(13)9-10-5-4-8-17-10/h4-5,8,11H,6-7,9H2,1-3H3. The molecule has 1 unspecified atom stereocenters. The van der Waals surface area contributed by atoms with Crippen molar-refractivity contribution in [1.82, 2.24) is 4.90 Å². The van der Waals surface area contributed by atoms with E-state index in [0.717, 1.165) is 25.3 Å². The quantitative estimate of drug-likeness (QED) is 0.755. The summed E-state index contributed by atoms with van der Waals surface area (Å²) in [6.07, 6.45) is 2.52. The second-order valence-electron chi connectivity index (χ2n) is 5.02. The summed E-state index contributed by atoms with van der Waals surface area (Å²) in [6, 6.07) is 3.84. The highest BCUT2D eigenvalue weighted by Crippen LogP contribution is 2.36. The zero-order chi connectivity index (χ0) is 12.5. The minimum Gasteiger partial charge on any atom is -0.469 e. The molecule has 1 aromatic heterocycles. The number of methoxy groups -OCH3 is 1. The monoisotopic (exact) mass is 237 g/mol. The van der Waals surface area contributed by atoms with Gasteiger partial charge in [0.2, 0.25) is 0 Å². The van der Waals surface area contributed by atoms with Gasteiger partial charge in [0.15, 0.2) is 0 Å². The Balaban J connectivity index is 2.09. The molecule has 94 valence electrons. The van der Waals surface area contributed by atoms with Gasteiger partial charge < -0.3 is 9.15 Å². The number of ether oxygens (including phenoxy) is 1. The maximum Gasteiger partial charge on any atom is 0.310 e. The van der Waals surface area contributed by atoms with E-state index in [9.17, 15) is 4.79 Å². The van der Waals surface area contributed by atoms with Gasteiger partial charge in [0.1, 0.15) is 5.76 Å². The minimum absolute atomic E-state index is 0.0533. The zero-order valence-electron chi connectivity index (χ0n) is 10.6. The van der Waals surface area contributed by atoms with Crippen molar-refractivity contribution in [2.75, 3.05) is 13.7 Å². The van der Waals surface area contributed by atoms with E-state index < -0.39 is 0 Å². The van der Waals surface area contributed by atoms with Crippen LogP contribution in [0.3, 0.4) is 0 Å². The lowest BCUT2D eigenvalue weighted by atomic mass is 9.88. The Labute approximate surface area is 102 Å². The van der Waals surface area contributed by atoms with Crippen LogP contribution in [-0.4, -0.2) is 30.1 Å². The number of hydrogen-bond donors (Lipinski definition) is 0. The molecule has 0 aromatic carbocycles. The first-order valence-corrected chi connectivity index (χ1v) is 5.91. The van der Waals surface area contributed by atoms with Crippen molar-refractivity contribution in [3.8, 4) is 0 Å². The van der Waals surface area contributed by atoms with Gasteiger partial charge in [-0.05, 0) is 32.4 Å². The molecule has 0 aliphatic carbocycles. The van der Waals surface area contributed by atoms with E-state index in [4.69, 9.17) is 9.15 Å². The number of carbonyl (C=O) groups excluding carboxylic acids is 1. The van der Waals surface area contributed by atoms with Gasteiger partial charge in [-0.25, -0.2) is 0 Å². The molecule has 0 bridgehead atoms. The first-order valence-electron chi connectivity index (χ1n) is 5.91. The van der Waals surface area contributed by atoms with Gasteiger partial charge in [-0.3, -0.25) is 9.69 Å². The number of esters is 1. The van der Waals surface area contributed by atoms with E-state index in [1.54, 1.807) is 6.26 Å². The molecule has 17 heavy (non-hydrogen) atoms. The molecule has 0 spiro atoms. The van der Waals surface area contributed by atoms with Crippen LogP contribution < -0.4 is 0 Å². The van der Waals surface area contributed by atoms with Crippen LogP contribution in [0.15, 0.2) is 22.8 Å². The van der Waals surface area contributed by atoms with Crippen LogP contribution in [0.4, 0.5) is 0 Å². The fourth-order valence-corrected chi connectivity index (χ4v) is 2.57. The van der Waals surface area contributed by atoms with Crippen molar-refractivity contribution >= 4 is 5.97 Å². The molecule has 1 fully saturated rings. The second-order valence-corrected chi connectivity index (χ2v) is 5.02. The first kappa shape index (κ1) is 12.2. The Hall–Kier alpha value is -1.29. The van der Waals surface area contributed by atoms with Crippen LogP contribution in [0.5, 0.6) is 0 Å². The van der Waals surface area contributed by atoms with Gasteiger partial charge >= 0.3 is 5.97 Å². The van der Waals surface area contributed by atoms with Crippen LogP contribution in [-0.2, 0) is 16.1 Å². The summed E-state index contributed by atoms with van der Waals surface area (Å²) in [4.78, 5) is 14.0. The SMILES string of the molecule is COC(=O)C1CCN(Cc2ccco2)C1(C)C. The predicted octanol–water partition coefficient (Wildman–Crippen LogP) is 2.05. The molecule has 0 N–H and O–H groups in total. The lowest BCUT2D eigenvalue weighted by Gasteiger charge is -2.34. The maximum absolute atomic E-state index is 11.7. The third-order valence-corrected chi connectivity index (χ3v) is 3.77. The van der Waals surface area contributed by atoms with Crippen molar-refractivity contribution in [3.05, 3.63) is 24.2 Å². The molecule has 0 radical (unpaired) electrons. The smallest absolute Gasteiger partial charge is 0.310 e. The molecule has 1 aliphatic heterocycles. The summed E-state index contributed by atoms with van der Waals surface area (Å²) in [7, 11) is 1.45. The van der Waals surface area contributed by atoms with Gasteiger partial charge in [0.05, 0.1) is 25.8 Å². The third kappa shape index (κ3) is 2.22.